The lowest BCUT2D eigenvalue weighted by molar-refractivity contribution is -0.142. The van der Waals surface area contributed by atoms with Crippen LogP contribution in [0.5, 0.6) is 0 Å². The van der Waals surface area contributed by atoms with Gasteiger partial charge in [0, 0.05) is 19.1 Å². The molecule has 0 aromatic carbocycles. The number of hydrogen-bond donors (Lipinski definition) is 1. The van der Waals surface area contributed by atoms with Crippen LogP contribution >= 0.6 is 0 Å². The van der Waals surface area contributed by atoms with E-state index in [1.807, 2.05) is 13.8 Å². The van der Waals surface area contributed by atoms with Gasteiger partial charge in [0.2, 0.25) is 5.91 Å². The average Bonchev–Trinajstić information content (AvgIpc) is 2.85. The summed E-state index contributed by atoms with van der Waals surface area (Å²) in [7, 11) is 5.91. The SMILES string of the molecule is CN(CC1(N(C)C)CCC1)C(=O)C1C(C(=O)O)C1(C)C. The van der Waals surface area contributed by atoms with Crippen LogP contribution in [-0.4, -0.2) is 60.0 Å². The van der Waals surface area contributed by atoms with E-state index in [0.29, 0.717) is 6.54 Å². The quantitative estimate of drug-likeness (QED) is 0.825. The molecule has 0 aliphatic heterocycles. The van der Waals surface area contributed by atoms with Crippen LogP contribution in [-0.2, 0) is 9.59 Å². The maximum absolute atomic E-state index is 12.5. The van der Waals surface area contributed by atoms with E-state index in [-0.39, 0.29) is 17.4 Å². The molecule has 2 saturated carbocycles. The van der Waals surface area contributed by atoms with Crippen molar-refractivity contribution in [2.24, 2.45) is 17.3 Å². The van der Waals surface area contributed by atoms with Gasteiger partial charge in [0.15, 0.2) is 0 Å². The van der Waals surface area contributed by atoms with Crippen LogP contribution in [0.25, 0.3) is 0 Å². The van der Waals surface area contributed by atoms with Crippen LogP contribution in [0.1, 0.15) is 33.1 Å². The third-order valence-corrected chi connectivity index (χ3v) is 5.50. The number of likely N-dealkylation sites (N-methyl/N-ethyl adjacent to an activating group) is 2. The van der Waals surface area contributed by atoms with Gasteiger partial charge in [0.25, 0.3) is 0 Å². The van der Waals surface area contributed by atoms with Gasteiger partial charge in [-0.1, -0.05) is 13.8 Å². The van der Waals surface area contributed by atoms with E-state index in [1.54, 1.807) is 11.9 Å². The number of amides is 1. The minimum absolute atomic E-state index is 0.0180. The van der Waals surface area contributed by atoms with E-state index in [4.69, 9.17) is 0 Å². The van der Waals surface area contributed by atoms with Gasteiger partial charge in [-0.2, -0.15) is 0 Å². The smallest absolute Gasteiger partial charge is 0.307 e. The molecule has 0 aromatic rings. The summed E-state index contributed by atoms with van der Waals surface area (Å²) >= 11 is 0. The van der Waals surface area contributed by atoms with Gasteiger partial charge in [0.1, 0.15) is 0 Å². The summed E-state index contributed by atoms with van der Waals surface area (Å²) in [5.74, 6) is -1.78. The second kappa shape index (κ2) is 4.72. The fraction of sp³-hybridized carbons (Fsp3) is 0.867. The van der Waals surface area contributed by atoms with Gasteiger partial charge in [-0.25, -0.2) is 0 Å². The van der Waals surface area contributed by atoms with Crippen LogP contribution in [0.2, 0.25) is 0 Å². The largest absolute Gasteiger partial charge is 0.481 e. The van der Waals surface area contributed by atoms with Crippen molar-refractivity contribution in [3.63, 3.8) is 0 Å². The van der Waals surface area contributed by atoms with Gasteiger partial charge >= 0.3 is 5.97 Å². The minimum Gasteiger partial charge on any atom is -0.481 e. The van der Waals surface area contributed by atoms with Crippen LogP contribution in [0.4, 0.5) is 0 Å². The summed E-state index contributed by atoms with van der Waals surface area (Å²) < 4.78 is 0. The van der Waals surface area contributed by atoms with Crippen molar-refractivity contribution in [3.8, 4) is 0 Å². The van der Waals surface area contributed by atoms with Gasteiger partial charge in [0.05, 0.1) is 11.8 Å². The Hall–Kier alpha value is -1.10. The molecule has 0 saturated heterocycles. The lowest BCUT2D eigenvalue weighted by atomic mass is 9.75. The second-order valence-corrected chi connectivity index (χ2v) is 7.28. The van der Waals surface area contributed by atoms with Crippen LogP contribution < -0.4 is 0 Å². The average molecular weight is 282 g/mol. The second-order valence-electron chi connectivity index (χ2n) is 7.28. The standard InChI is InChI=1S/C15H26N2O3/c1-14(2)10(11(14)13(19)20)12(18)17(5)9-15(16(3)4)7-6-8-15/h10-11H,6-9H2,1-5H3,(H,19,20). The number of carboxylic acid groups (broad SMARTS) is 1. The van der Waals surface area contributed by atoms with Gasteiger partial charge in [-0.05, 0) is 38.8 Å². The maximum atomic E-state index is 12.5. The molecule has 5 heteroatoms. The molecule has 2 aliphatic rings. The van der Waals surface area contributed by atoms with E-state index in [0.717, 1.165) is 12.8 Å². The number of hydrogen-bond acceptors (Lipinski definition) is 3. The summed E-state index contributed by atoms with van der Waals surface area (Å²) in [6.45, 7) is 4.43. The predicted molar refractivity (Wildman–Crippen MR) is 76.3 cm³/mol. The number of carbonyl (C=O) groups excluding carboxylic acids is 1. The van der Waals surface area contributed by atoms with Crippen molar-refractivity contribution in [1.82, 2.24) is 9.80 Å². The maximum Gasteiger partial charge on any atom is 0.307 e. The Labute approximate surface area is 120 Å². The van der Waals surface area contributed by atoms with Crippen molar-refractivity contribution in [2.45, 2.75) is 38.6 Å². The van der Waals surface area contributed by atoms with Crippen LogP contribution in [0, 0.1) is 17.3 Å². The molecule has 114 valence electrons. The van der Waals surface area contributed by atoms with Crippen LogP contribution in [0.15, 0.2) is 0 Å². The molecule has 20 heavy (non-hydrogen) atoms. The number of nitrogens with zero attached hydrogens (tertiary/aromatic N) is 2. The molecule has 1 N–H and O–H groups in total. The topological polar surface area (TPSA) is 60.9 Å². The van der Waals surface area contributed by atoms with E-state index >= 15 is 0 Å². The highest BCUT2D eigenvalue weighted by Crippen LogP contribution is 2.59. The monoisotopic (exact) mass is 282 g/mol. The number of rotatable bonds is 5. The molecule has 2 aliphatic carbocycles. The third kappa shape index (κ3) is 2.22. The predicted octanol–water partition coefficient (Wildman–Crippen LogP) is 1.29. The summed E-state index contributed by atoms with van der Waals surface area (Å²) in [4.78, 5) is 27.7. The third-order valence-electron chi connectivity index (χ3n) is 5.50. The lowest BCUT2D eigenvalue weighted by Gasteiger charge is -2.49. The molecule has 1 amide bonds. The first-order chi connectivity index (χ1) is 9.13. The minimum atomic E-state index is -0.854. The fourth-order valence-electron chi connectivity index (χ4n) is 3.65. The first-order valence-corrected chi connectivity index (χ1v) is 7.29. The highest BCUT2D eigenvalue weighted by molar-refractivity contribution is 5.91. The molecule has 2 atom stereocenters. The normalized spacial score (nSPS) is 29.7. The van der Waals surface area contributed by atoms with Crippen molar-refractivity contribution >= 4 is 11.9 Å². The highest BCUT2D eigenvalue weighted by atomic mass is 16.4. The molecule has 2 rings (SSSR count). The zero-order valence-corrected chi connectivity index (χ0v) is 13.1. The Balaban J connectivity index is 2.02. The van der Waals surface area contributed by atoms with E-state index in [2.05, 4.69) is 19.0 Å². The Kier molecular flexibility index (Phi) is 3.61. The fourth-order valence-corrected chi connectivity index (χ4v) is 3.65. The summed E-state index contributed by atoms with van der Waals surface area (Å²) in [5, 5.41) is 9.19. The molecule has 0 spiro atoms. The molecule has 5 nitrogen and oxygen atoms in total. The van der Waals surface area contributed by atoms with E-state index < -0.39 is 17.3 Å². The summed E-state index contributed by atoms with van der Waals surface area (Å²) in [5.41, 5.74) is -0.329. The molecule has 0 radical (unpaired) electrons. The molecular formula is C15H26N2O3. The zero-order chi connectivity index (χ0) is 15.3. The van der Waals surface area contributed by atoms with E-state index in [1.165, 1.54) is 6.42 Å². The zero-order valence-electron chi connectivity index (χ0n) is 13.1. The van der Waals surface area contributed by atoms with E-state index in [9.17, 15) is 14.7 Å². The molecular weight excluding hydrogens is 256 g/mol. The Morgan fingerprint density at radius 1 is 1.15 bits per heavy atom. The van der Waals surface area contributed by atoms with Crippen molar-refractivity contribution in [2.75, 3.05) is 27.7 Å². The van der Waals surface area contributed by atoms with Gasteiger partial charge < -0.3 is 14.9 Å². The summed E-state index contributed by atoms with van der Waals surface area (Å²) in [6.07, 6.45) is 3.41. The van der Waals surface area contributed by atoms with Crippen molar-refractivity contribution in [3.05, 3.63) is 0 Å². The van der Waals surface area contributed by atoms with Crippen LogP contribution in [0.3, 0.4) is 0 Å². The first kappa shape index (κ1) is 15.3. The Morgan fingerprint density at radius 2 is 1.70 bits per heavy atom. The molecule has 0 heterocycles. The Morgan fingerprint density at radius 3 is 2.00 bits per heavy atom. The van der Waals surface area contributed by atoms with Crippen molar-refractivity contribution < 1.29 is 14.7 Å². The molecule has 2 fully saturated rings. The molecule has 0 aromatic heterocycles. The van der Waals surface area contributed by atoms with Gasteiger partial charge in [-0.3, -0.25) is 9.59 Å². The number of carbonyl (C=O) groups is 2. The van der Waals surface area contributed by atoms with Gasteiger partial charge in [-0.15, -0.1) is 0 Å². The molecule has 0 bridgehead atoms. The number of aliphatic carboxylic acids is 1. The Bertz CT molecular complexity index is 427. The first-order valence-electron chi connectivity index (χ1n) is 7.29. The lowest BCUT2D eigenvalue weighted by Crippen LogP contribution is -2.57. The number of carboxylic acids is 1. The summed E-state index contributed by atoms with van der Waals surface area (Å²) in [6, 6.07) is 0. The molecule has 2 unspecified atom stereocenters. The highest BCUT2D eigenvalue weighted by Gasteiger charge is 2.66. The van der Waals surface area contributed by atoms with Crippen molar-refractivity contribution in [1.29, 1.82) is 0 Å².